The molecule has 0 aromatic carbocycles. The van der Waals surface area contributed by atoms with E-state index in [1.165, 1.54) is 19.3 Å². The fraction of sp³-hybridized carbons (Fsp3) is 0.824. The Morgan fingerprint density at radius 3 is 2.86 bits per heavy atom. The van der Waals surface area contributed by atoms with E-state index in [0.29, 0.717) is 17.7 Å². The number of likely N-dealkylation sites (tertiary alicyclic amines) is 1. The summed E-state index contributed by atoms with van der Waals surface area (Å²) in [5.74, 6) is 5.08. The van der Waals surface area contributed by atoms with Gasteiger partial charge in [-0.2, -0.15) is 0 Å². The second kappa shape index (κ2) is 4.80. The van der Waals surface area contributed by atoms with Crippen LogP contribution in [0.25, 0.3) is 0 Å². The molecule has 2 aliphatic heterocycles. The van der Waals surface area contributed by atoms with Crippen molar-refractivity contribution in [2.24, 2.45) is 17.8 Å². The van der Waals surface area contributed by atoms with Gasteiger partial charge in [-0.15, -0.1) is 10.2 Å². The maximum Gasteiger partial charge on any atom is 0.226 e. The Morgan fingerprint density at radius 2 is 2.00 bits per heavy atom. The Morgan fingerprint density at radius 1 is 1.09 bits per heavy atom. The predicted octanol–water partition coefficient (Wildman–Crippen LogP) is 1.98. The topological polar surface area (TPSA) is 51.0 Å². The predicted molar refractivity (Wildman–Crippen MR) is 81.2 cm³/mol. The fourth-order valence-corrected chi connectivity index (χ4v) is 4.64. The molecule has 3 heterocycles. The van der Waals surface area contributed by atoms with Crippen LogP contribution < -0.4 is 0 Å². The highest BCUT2D eigenvalue weighted by molar-refractivity contribution is 5.82. The molecule has 1 aromatic heterocycles. The summed E-state index contributed by atoms with van der Waals surface area (Å²) in [4.78, 5) is 14.9. The van der Waals surface area contributed by atoms with Gasteiger partial charge in [-0.1, -0.05) is 0 Å². The van der Waals surface area contributed by atoms with Crippen LogP contribution in [0.3, 0.4) is 0 Å². The van der Waals surface area contributed by atoms with E-state index < -0.39 is 0 Å². The highest BCUT2D eigenvalue weighted by Crippen LogP contribution is 2.55. The molecule has 0 bridgehead atoms. The van der Waals surface area contributed by atoms with Crippen molar-refractivity contribution in [3.8, 4) is 0 Å². The first-order valence-corrected chi connectivity index (χ1v) is 9.02. The highest BCUT2D eigenvalue weighted by Gasteiger charge is 2.52. The quantitative estimate of drug-likeness (QED) is 0.857. The van der Waals surface area contributed by atoms with Crippen molar-refractivity contribution >= 4 is 5.91 Å². The smallest absolute Gasteiger partial charge is 0.226 e. The second-order valence-electron chi connectivity index (χ2n) is 7.70. The number of aromatic nitrogens is 3. The van der Waals surface area contributed by atoms with Gasteiger partial charge < -0.3 is 9.47 Å². The van der Waals surface area contributed by atoms with Crippen molar-refractivity contribution in [3.05, 3.63) is 11.6 Å². The third kappa shape index (κ3) is 2.09. The molecule has 2 saturated carbocycles. The van der Waals surface area contributed by atoms with Gasteiger partial charge >= 0.3 is 0 Å². The van der Waals surface area contributed by atoms with Gasteiger partial charge in [0, 0.05) is 37.9 Å². The van der Waals surface area contributed by atoms with Gasteiger partial charge in [0.25, 0.3) is 0 Å². The molecule has 0 spiro atoms. The number of amides is 1. The zero-order chi connectivity index (χ0) is 14.7. The van der Waals surface area contributed by atoms with Gasteiger partial charge in [-0.3, -0.25) is 4.79 Å². The van der Waals surface area contributed by atoms with Gasteiger partial charge in [0.15, 0.2) is 0 Å². The molecule has 3 atom stereocenters. The summed E-state index contributed by atoms with van der Waals surface area (Å²) in [5.41, 5.74) is 0. The van der Waals surface area contributed by atoms with E-state index in [4.69, 9.17) is 0 Å². The van der Waals surface area contributed by atoms with Crippen LogP contribution in [-0.2, 0) is 17.8 Å². The first-order valence-electron chi connectivity index (χ1n) is 9.02. The normalized spacial score (nSPS) is 33.8. The average molecular weight is 300 g/mol. The summed E-state index contributed by atoms with van der Waals surface area (Å²) in [6, 6.07) is 0. The van der Waals surface area contributed by atoms with Crippen molar-refractivity contribution in [2.45, 2.75) is 57.4 Å². The zero-order valence-electron chi connectivity index (χ0n) is 13.1. The molecule has 5 nitrogen and oxygen atoms in total. The molecule has 5 heteroatoms. The summed E-state index contributed by atoms with van der Waals surface area (Å²) in [6.07, 6.45) is 8.40. The maximum absolute atomic E-state index is 12.7. The first-order chi connectivity index (χ1) is 10.8. The third-order valence-corrected chi connectivity index (χ3v) is 6.12. The van der Waals surface area contributed by atoms with Crippen LogP contribution >= 0.6 is 0 Å². The summed E-state index contributed by atoms with van der Waals surface area (Å²) < 4.78 is 2.31. The van der Waals surface area contributed by atoms with Gasteiger partial charge in [0.1, 0.15) is 11.6 Å². The number of carbonyl (C=O) groups excluding carboxylic acids is 1. The van der Waals surface area contributed by atoms with Crippen LogP contribution in [-0.4, -0.2) is 38.7 Å². The Kier molecular flexibility index (Phi) is 2.86. The van der Waals surface area contributed by atoms with E-state index in [2.05, 4.69) is 19.7 Å². The highest BCUT2D eigenvalue weighted by atomic mass is 16.2. The fourth-order valence-electron chi connectivity index (χ4n) is 4.64. The van der Waals surface area contributed by atoms with E-state index in [-0.39, 0.29) is 0 Å². The zero-order valence-corrected chi connectivity index (χ0v) is 13.1. The molecule has 5 rings (SSSR count). The lowest BCUT2D eigenvalue weighted by Gasteiger charge is -2.32. The third-order valence-electron chi connectivity index (χ3n) is 6.12. The molecule has 3 unspecified atom stereocenters. The lowest BCUT2D eigenvalue weighted by molar-refractivity contribution is -0.134. The van der Waals surface area contributed by atoms with Crippen molar-refractivity contribution in [2.75, 3.05) is 13.1 Å². The van der Waals surface area contributed by atoms with Crippen LogP contribution in [0.5, 0.6) is 0 Å². The molecular weight excluding hydrogens is 276 g/mol. The van der Waals surface area contributed by atoms with Gasteiger partial charge in [0.2, 0.25) is 5.91 Å². The summed E-state index contributed by atoms with van der Waals surface area (Å²) in [7, 11) is 0. The van der Waals surface area contributed by atoms with Crippen LogP contribution in [0.15, 0.2) is 0 Å². The number of fused-ring (bicyclic) bond motifs is 1. The van der Waals surface area contributed by atoms with Gasteiger partial charge in [-0.25, -0.2) is 0 Å². The lowest BCUT2D eigenvalue weighted by Crippen LogP contribution is -2.41. The number of rotatable bonds is 3. The minimum Gasteiger partial charge on any atom is -0.342 e. The van der Waals surface area contributed by atoms with E-state index in [1.54, 1.807) is 0 Å². The SMILES string of the molecule is O=C(C1CC1C1CC1)N1CCCC(c2nnc3n2CCC3)C1. The molecular formula is C17H24N4O. The molecule has 1 amide bonds. The molecule has 3 fully saturated rings. The van der Waals surface area contributed by atoms with E-state index >= 15 is 0 Å². The Balaban J connectivity index is 1.29. The summed E-state index contributed by atoms with van der Waals surface area (Å²) in [5, 5.41) is 8.79. The number of nitrogens with zero attached hydrogens (tertiary/aromatic N) is 4. The van der Waals surface area contributed by atoms with Crippen LogP contribution in [0.4, 0.5) is 0 Å². The van der Waals surface area contributed by atoms with Gasteiger partial charge in [-0.05, 0) is 50.4 Å². The number of piperidine rings is 1. The Bertz CT molecular complexity index is 606. The van der Waals surface area contributed by atoms with Crippen LogP contribution in [0, 0.1) is 17.8 Å². The Labute approximate surface area is 131 Å². The average Bonchev–Trinajstić information content (AvgIpc) is 3.42. The van der Waals surface area contributed by atoms with Gasteiger partial charge in [0.05, 0.1) is 0 Å². The van der Waals surface area contributed by atoms with Crippen molar-refractivity contribution in [3.63, 3.8) is 0 Å². The van der Waals surface area contributed by atoms with Crippen LogP contribution in [0.1, 0.15) is 56.1 Å². The van der Waals surface area contributed by atoms with Crippen molar-refractivity contribution in [1.29, 1.82) is 0 Å². The molecule has 0 N–H and O–H groups in total. The molecule has 22 heavy (non-hydrogen) atoms. The van der Waals surface area contributed by atoms with Crippen molar-refractivity contribution in [1.82, 2.24) is 19.7 Å². The molecule has 118 valence electrons. The number of hydrogen-bond donors (Lipinski definition) is 0. The molecule has 4 aliphatic rings. The largest absolute Gasteiger partial charge is 0.342 e. The molecule has 2 aliphatic carbocycles. The first kappa shape index (κ1) is 13.1. The number of carbonyl (C=O) groups is 1. The van der Waals surface area contributed by atoms with E-state index in [1.807, 2.05) is 0 Å². The standard InChI is InChI=1S/C17H24N4O/c22-17(14-9-13(14)11-5-6-11)20-7-1-3-12(10-20)16-19-18-15-4-2-8-21(15)16/h11-14H,1-10H2. The number of aryl methyl sites for hydroxylation is 1. The lowest BCUT2D eigenvalue weighted by atomic mass is 9.96. The molecule has 1 saturated heterocycles. The minimum atomic E-state index is 0.357. The second-order valence-corrected chi connectivity index (χ2v) is 7.70. The minimum absolute atomic E-state index is 0.357. The molecule has 0 radical (unpaired) electrons. The monoisotopic (exact) mass is 300 g/mol. The van der Waals surface area contributed by atoms with E-state index in [9.17, 15) is 4.79 Å². The van der Waals surface area contributed by atoms with Crippen LogP contribution in [0.2, 0.25) is 0 Å². The van der Waals surface area contributed by atoms with Crippen molar-refractivity contribution < 1.29 is 4.79 Å². The Hall–Kier alpha value is -1.39. The summed E-state index contributed by atoms with van der Waals surface area (Å²) in [6.45, 7) is 2.88. The molecule has 1 aromatic rings. The summed E-state index contributed by atoms with van der Waals surface area (Å²) >= 11 is 0. The maximum atomic E-state index is 12.7. The van der Waals surface area contributed by atoms with E-state index in [0.717, 1.165) is 68.8 Å². The number of hydrogen-bond acceptors (Lipinski definition) is 3.